The highest BCUT2D eigenvalue weighted by atomic mass is 127. The summed E-state index contributed by atoms with van der Waals surface area (Å²) in [6, 6.07) is 10.1. The lowest BCUT2D eigenvalue weighted by Crippen LogP contribution is -2.39. The minimum Gasteiger partial charge on any atom is -0.444 e. The normalized spacial score (nSPS) is 11.4. The van der Waals surface area contributed by atoms with Crippen LogP contribution in [-0.2, 0) is 11.3 Å². The molecule has 1 heterocycles. The summed E-state index contributed by atoms with van der Waals surface area (Å²) in [6.07, 6.45) is 2.17. The van der Waals surface area contributed by atoms with Gasteiger partial charge in [-0.1, -0.05) is 30.3 Å². The molecular weight excluding hydrogens is 483 g/mol. The number of aromatic nitrogens is 2. The molecule has 0 unspecified atom stereocenters. The van der Waals surface area contributed by atoms with Crippen LogP contribution in [0.5, 0.6) is 0 Å². The Morgan fingerprint density at radius 1 is 1.14 bits per heavy atom. The minimum atomic E-state index is -0.486. The summed E-state index contributed by atoms with van der Waals surface area (Å²) in [5.74, 6) is 1.50. The van der Waals surface area contributed by atoms with E-state index < -0.39 is 11.7 Å². The van der Waals surface area contributed by atoms with Crippen molar-refractivity contribution in [2.24, 2.45) is 4.99 Å². The maximum absolute atomic E-state index is 11.6. The fourth-order valence-corrected chi connectivity index (χ4v) is 2.40. The summed E-state index contributed by atoms with van der Waals surface area (Å²) in [4.78, 5) is 23.5. The first-order valence-corrected chi connectivity index (χ1v) is 9.38. The van der Waals surface area contributed by atoms with Gasteiger partial charge in [-0.2, -0.15) is 0 Å². The maximum atomic E-state index is 11.6. The van der Waals surface area contributed by atoms with Gasteiger partial charge in [0, 0.05) is 20.1 Å². The predicted octanol–water partition coefficient (Wildman–Crippen LogP) is 3.27. The zero-order valence-corrected chi connectivity index (χ0v) is 19.7. The van der Waals surface area contributed by atoms with Gasteiger partial charge in [-0.3, -0.25) is 4.99 Å². The molecule has 0 saturated heterocycles. The van der Waals surface area contributed by atoms with Gasteiger partial charge in [-0.05, 0) is 32.8 Å². The van der Waals surface area contributed by atoms with E-state index in [-0.39, 0.29) is 24.0 Å². The summed E-state index contributed by atoms with van der Waals surface area (Å²) >= 11 is 0. The number of carbonyl (C=O) groups is 1. The number of nitrogens with zero attached hydrogens (tertiary/aromatic N) is 2. The zero-order valence-electron chi connectivity index (χ0n) is 17.4. The van der Waals surface area contributed by atoms with E-state index in [1.54, 1.807) is 7.05 Å². The number of halogens is 1. The standard InChI is InChI=1S/C20H30N6O2.HI/c1-20(2,3)28-19(27)23-12-8-11-22-18(21-4)25-14-17-24-13-16(26-17)15-9-6-5-7-10-15;/h5-7,9-10,13H,8,11-12,14H2,1-4H3,(H,23,27)(H,24,26)(H2,21,22,25);1H. The molecule has 8 nitrogen and oxygen atoms in total. The molecule has 0 saturated carbocycles. The van der Waals surface area contributed by atoms with Gasteiger partial charge in [-0.25, -0.2) is 9.78 Å². The molecule has 1 aromatic carbocycles. The van der Waals surface area contributed by atoms with Crippen LogP contribution in [0.3, 0.4) is 0 Å². The Labute approximate surface area is 189 Å². The van der Waals surface area contributed by atoms with Crippen molar-refractivity contribution in [1.29, 1.82) is 0 Å². The molecule has 0 atom stereocenters. The lowest BCUT2D eigenvalue weighted by atomic mass is 10.2. The average Bonchev–Trinajstić information content (AvgIpc) is 3.12. The first-order chi connectivity index (χ1) is 13.4. The molecule has 0 aliphatic carbocycles. The van der Waals surface area contributed by atoms with E-state index in [9.17, 15) is 4.79 Å². The topological polar surface area (TPSA) is 103 Å². The molecule has 2 rings (SSSR count). The Bertz CT molecular complexity index is 771. The molecule has 29 heavy (non-hydrogen) atoms. The van der Waals surface area contributed by atoms with E-state index in [1.165, 1.54) is 0 Å². The number of guanidine groups is 1. The minimum absolute atomic E-state index is 0. The third-order valence-corrected chi connectivity index (χ3v) is 3.67. The lowest BCUT2D eigenvalue weighted by Gasteiger charge is -2.19. The SMILES string of the molecule is CN=C(NCCCNC(=O)OC(C)(C)C)NCc1ncc(-c2ccccc2)[nH]1.I. The van der Waals surface area contributed by atoms with Crippen molar-refractivity contribution < 1.29 is 9.53 Å². The monoisotopic (exact) mass is 514 g/mol. The molecule has 2 aromatic rings. The first-order valence-electron chi connectivity index (χ1n) is 9.38. The van der Waals surface area contributed by atoms with Gasteiger partial charge in [0.15, 0.2) is 5.96 Å². The van der Waals surface area contributed by atoms with E-state index in [0.717, 1.165) is 23.5 Å². The van der Waals surface area contributed by atoms with Crippen LogP contribution in [0.25, 0.3) is 11.3 Å². The largest absolute Gasteiger partial charge is 0.444 e. The van der Waals surface area contributed by atoms with Crippen molar-refractivity contribution in [2.75, 3.05) is 20.1 Å². The number of H-pyrrole nitrogens is 1. The van der Waals surface area contributed by atoms with Gasteiger partial charge in [0.25, 0.3) is 0 Å². The molecule has 1 amide bonds. The van der Waals surface area contributed by atoms with E-state index >= 15 is 0 Å². The van der Waals surface area contributed by atoms with Crippen molar-refractivity contribution in [3.05, 3.63) is 42.4 Å². The van der Waals surface area contributed by atoms with Crippen molar-refractivity contribution in [3.63, 3.8) is 0 Å². The second-order valence-electron chi connectivity index (χ2n) is 7.24. The zero-order chi connectivity index (χ0) is 20.4. The molecule has 0 radical (unpaired) electrons. The highest BCUT2D eigenvalue weighted by Crippen LogP contribution is 2.15. The Kier molecular flexibility index (Phi) is 10.5. The molecule has 0 aliphatic rings. The van der Waals surface area contributed by atoms with Crippen molar-refractivity contribution in [1.82, 2.24) is 25.9 Å². The highest BCUT2D eigenvalue weighted by Gasteiger charge is 2.15. The summed E-state index contributed by atoms with van der Waals surface area (Å²) in [6.45, 7) is 7.24. The number of aromatic amines is 1. The van der Waals surface area contributed by atoms with E-state index in [2.05, 4.69) is 30.9 Å². The van der Waals surface area contributed by atoms with Crippen LogP contribution in [0.1, 0.15) is 33.0 Å². The number of nitrogens with one attached hydrogen (secondary N) is 4. The Hall–Kier alpha value is -2.30. The van der Waals surface area contributed by atoms with Gasteiger partial charge in [-0.15, -0.1) is 24.0 Å². The fraction of sp³-hybridized carbons (Fsp3) is 0.450. The van der Waals surface area contributed by atoms with Crippen LogP contribution >= 0.6 is 24.0 Å². The fourth-order valence-electron chi connectivity index (χ4n) is 2.40. The van der Waals surface area contributed by atoms with Gasteiger partial charge >= 0.3 is 6.09 Å². The van der Waals surface area contributed by atoms with E-state index in [4.69, 9.17) is 4.74 Å². The summed E-state index contributed by atoms with van der Waals surface area (Å²) in [5.41, 5.74) is 1.59. The van der Waals surface area contributed by atoms with Crippen LogP contribution in [0, 0.1) is 0 Å². The smallest absolute Gasteiger partial charge is 0.407 e. The third kappa shape index (κ3) is 9.64. The number of amides is 1. The van der Waals surface area contributed by atoms with Crippen molar-refractivity contribution >= 4 is 36.0 Å². The Balaban J connectivity index is 0.00000420. The second kappa shape index (κ2) is 12.3. The Morgan fingerprint density at radius 3 is 2.48 bits per heavy atom. The number of hydrogen-bond donors (Lipinski definition) is 4. The van der Waals surface area contributed by atoms with Crippen LogP contribution in [0.4, 0.5) is 4.79 Å². The van der Waals surface area contributed by atoms with Gasteiger partial charge in [0.2, 0.25) is 0 Å². The molecule has 1 aromatic heterocycles. The molecule has 0 aliphatic heterocycles. The molecule has 160 valence electrons. The summed E-state index contributed by atoms with van der Waals surface area (Å²) < 4.78 is 5.19. The van der Waals surface area contributed by atoms with E-state index in [1.807, 2.05) is 57.3 Å². The number of hydrogen-bond acceptors (Lipinski definition) is 4. The first kappa shape index (κ1) is 24.7. The predicted molar refractivity (Wildman–Crippen MR) is 126 cm³/mol. The maximum Gasteiger partial charge on any atom is 0.407 e. The molecule has 4 N–H and O–H groups in total. The van der Waals surface area contributed by atoms with Crippen LogP contribution in [0.2, 0.25) is 0 Å². The number of imidazole rings is 1. The summed E-state index contributed by atoms with van der Waals surface area (Å²) in [7, 11) is 1.71. The lowest BCUT2D eigenvalue weighted by molar-refractivity contribution is 0.0527. The Morgan fingerprint density at radius 2 is 1.83 bits per heavy atom. The van der Waals surface area contributed by atoms with Gasteiger partial charge in [0.05, 0.1) is 18.4 Å². The number of benzene rings is 1. The number of carbonyl (C=O) groups excluding carboxylic acids is 1. The molecule has 0 bridgehead atoms. The van der Waals surface area contributed by atoms with Crippen molar-refractivity contribution in [3.8, 4) is 11.3 Å². The highest BCUT2D eigenvalue weighted by molar-refractivity contribution is 14.0. The van der Waals surface area contributed by atoms with Crippen LogP contribution in [-0.4, -0.2) is 47.8 Å². The van der Waals surface area contributed by atoms with Gasteiger partial charge < -0.3 is 25.7 Å². The molecule has 0 spiro atoms. The van der Waals surface area contributed by atoms with Gasteiger partial charge in [0.1, 0.15) is 11.4 Å². The number of alkyl carbamates (subject to hydrolysis) is 1. The van der Waals surface area contributed by atoms with E-state index in [0.29, 0.717) is 25.6 Å². The summed E-state index contributed by atoms with van der Waals surface area (Å²) in [5, 5.41) is 9.15. The number of aliphatic imine (C=N–C) groups is 1. The number of ether oxygens (including phenoxy) is 1. The molecule has 0 fully saturated rings. The molecule has 9 heteroatoms. The second-order valence-corrected chi connectivity index (χ2v) is 7.24. The number of rotatable bonds is 7. The quantitative estimate of drug-likeness (QED) is 0.197. The van der Waals surface area contributed by atoms with Crippen LogP contribution in [0.15, 0.2) is 41.5 Å². The molecular formula is C20H31IN6O2. The van der Waals surface area contributed by atoms with Crippen LogP contribution < -0.4 is 16.0 Å². The van der Waals surface area contributed by atoms with Crippen molar-refractivity contribution in [2.45, 2.75) is 39.3 Å². The third-order valence-electron chi connectivity index (χ3n) is 3.67. The average molecular weight is 514 g/mol.